The topological polar surface area (TPSA) is 30.0 Å². The lowest BCUT2D eigenvalue weighted by molar-refractivity contribution is 0.0994. The van der Waals surface area contributed by atoms with Crippen LogP contribution < -0.4 is 0 Å². The van der Waals surface area contributed by atoms with Gasteiger partial charge < -0.3 is 0 Å². The van der Waals surface area contributed by atoms with Crippen LogP contribution in [0.15, 0.2) is 12.1 Å². The van der Waals surface area contributed by atoms with E-state index >= 15 is 0 Å². The molecule has 1 heterocycles. The van der Waals surface area contributed by atoms with Crippen molar-refractivity contribution in [2.75, 3.05) is 0 Å². The van der Waals surface area contributed by atoms with Gasteiger partial charge in [0, 0.05) is 17.7 Å². The molecule has 0 spiro atoms. The van der Waals surface area contributed by atoms with Crippen molar-refractivity contribution < 1.29 is 4.79 Å². The summed E-state index contributed by atoms with van der Waals surface area (Å²) in [5.74, 6) is 0.250. The first kappa shape index (κ1) is 7.47. The van der Waals surface area contributed by atoms with Gasteiger partial charge in [-0.3, -0.25) is 9.78 Å². The van der Waals surface area contributed by atoms with Crippen LogP contribution in [0, 0.1) is 0 Å². The number of fused-ring (bicyclic) bond motifs is 1. The molecule has 2 nitrogen and oxygen atoms in total. The number of aromatic nitrogens is 1. The Morgan fingerprint density at radius 1 is 1.42 bits per heavy atom. The fourth-order valence-corrected chi connectivity index (χ4v) is 1.55. The molecule has 2 heteroatoms. The second-order valence-electron chi connectivity index (χ2n) is 3.07. The average molecular weight is 161 g/mol. The smallest absolute Gasteiger partial charge is 0.165 e. The van der Waals surface area contributed by atoms with Gasteiger partial charge in [-0.25, -0.2) is 0 Å². The molecular weight excluding hydrogens is 150 g/mol. The van der Waals surface area contributed by atoms with Crippen LogP contribution in [0.25, 0.3) is 0 Å². The molecule has 0 radical (unpaired) electrons. The first-order valence-electron chi connectivity index (χ1n) is 4.33. The molecule has 62 valence electrons. The van der Waals surface area contributed by atoms with Gasteiger partial charge in [0.1, 0.15) is 0 Å². The van der Waals surface area contributed by atoms with Crippen LogP contribution in [0.5, 0.6) is 0 Å². The number of aryl methyl sites for hydroxylation is 2. The minimum Gasteiger partial charge on any atom is -0.294 e. The zero-order valence-electron chi connectivity index (χ0n) is 7.13. The number of hydrogen-bond acceptors (Lipinski definition) is 2. The molecule has 0 saturated carbocycles. The summed E-state index contributed by atoms with van der Waals surface area (Å²) in [5.41, 5.74) is 2.93. The Morgan fingerprint density at radius 2 is 2.25 bits per heavy atom. The van der Waals surface area contributed by atoms with Crippen molar-refractivity contribution in [2.45, 2.75) is 26.2 Å². The molecule has 0 bridgehead atoms. The molecule has 2 rings (SSSR count). The van der Waals surface area contributed by atoms with E-state index < -0.39 is 0 Å². The van der Waals surface area contributed by atoms with Crippen LogP contribution >= 0.6 is 0 Å². The molecule has 0 atom stereocenters. The maximum absolute atomic E-state index is 11.2. The number of nitrogens with zero attached hydrogens (tertiary/aromatic N) is 1. The van der Waals surface area contributed by atoms with Crippen molar-refractivity contribution >= 4 is 5.78 Å². The highest BCUT2D eigenvalue weighted by Crippen LogP contribution is 2.19. The highest BCUT2D eigenvalue weighted by molar-refractivity contribution is 5.99. The predicted molar refractivity (Wildman–Crippen MR) is 46.3 cm³/mol. The van der Waals surface area contributed by atoms with Crippen molar-refractivity contribution in [1.82, 2.24) is 4.98 Å². The minimum absolute atomic E-state index is 0.250. The Kier molecular flexibility index (Phi) is 1.68. The first-order valence-corrected chi connectivity index (χ1v) is 4.33. The van der Waals surface area contributed by atoms with E-state index in [1.807, 2.05) is 12.1 Å². The van der Waals surface area contributed by atoms with E-state index in [-0.39, 0.29) is 5.78 Å². The summed E-state index contributed by atoms with van der Waals surface area (Å²) < 4.78 is 0. The monoisotopic (exact) mass is 161 g/mol. The van der Waals surface area contributed by atoms with Crippen LogP contribution in [-0.4, -0.2) is 10.8 Å². The van der Waals surface area contributed by atoms with Crippen LogP contribution in [-0.2, 0) is 12.8 Å². The molecule has 12 heavy (non-hydrogen) atoms. The Hall–Kier alpha value is -1.18. The van der Waals surface area contributed by atoms with Gasteiger partial charge >= 0.3 is 0 Å². The Morgan fingerprint density at radius 3 is 3.00 bits per heavy atom. The van der Waals surface area contributed by atoms with Gasteiger partial charge in [0.25, 0.3) is 0 Å². The molecule has 0 aliphatic heterocycles. The van der Waals surface area contributed by atoms with Crippen molar-refractivity contribution in [1.29, 1.82) is 0 Å². The number of Topliss-reactive ketones (excluding diaryl/α,β-unsaturated/α-hetero) is 1. The zero-order chi connectivity index (χ0) is 8.55. The summed E-state index contributed by atoms with van der Waals surface area (Å²) in [6.45, 7) is 2.07. The Bertz CT molecular complexity index is 331. The standard InChI is InChI=1S/C10H11NO/c1-2-7-3-4-8-9(11-7)5-6-10(8)12/h3-4H,2,5-6H2,1H3. The first-order chi connectivity index (χ1) is 5.81. The number of ketones is 1. The summed E-state index contributed by atoms with van der Waals surface area (Å²) in [7, 11) is 0. The quantitative estimate of drug-likeness (QED) is 0.628. The van der Waals surface area contributed by atoms with Gasteiger partial charge in [-0.05, 0) is 25.0 Å². The molecule has 0 amide bonds. The normalized spacial score (nSPS) is 14.9. The molecule has 0 saturated heterocycles. The minimum atomic E-state index is 0.250. The van der Waals surface area contributed by atoms with Crippen molar-refractivity contribution in [3.63, 3.8) is 0 Å². The molecule has 0 N–H and O–H groups in total. The molecule has 1 aliphatic carbocycles. The Labute approximate surface area is 71.6 Å². The van der Waals surface area contributed by atoms with E-state index in [2.05, 4.69) is 11.9 Å². The highest BCUT2D eigenvalue weighted by atomic mass is 16.1. The summed E-state index contributed by atoms with van der Waals surface area (Å²) in [6.07, 6.45) is 2.43. The van der Waals surface area contributed by atoms with Gasteiger partial charge in [0.2, 0.25) is 0 Å². The Balaban J connectivity index is 2.48. The van der Waals surface area contributed by atoms with Crippen molar-refractivity contribution in [2.24, 2.45) is 0 Å². The van der Waals surface area contributed by atoms with E-state index in [1.54, 1.807) is 0 Å². The van der Waals surface area contributed by atoms with Crippen LogP contribution in [0.4, 0.5) is 0 Å². The van der Waals surface area contributed by atoms with Crippen LogP contribution in [0.3, 0.4) is 0 Å². The summed E-state index contributed by atoms with van der Waals surface area (Å²) >= 11 is 0. The fourth-order valence-electron chi connectivity index (χ4n) is 1.55. The SMILES string of the molecule is CCc1ccc2c(n1)CCC2=O. The van der Waals surface area contributed by atoms with E-state index in [0.717, 1.165) is 29.8 Å². The fraction of sp³-hybridized carbons (Fsp3) is 0.400. The van der Waals surface area contributed by atoms with E-state index in [4.69, 9.17) is 0 Å². The summed E-state index contributed by atoms with van der Waals surface area (Å²) in [6, 6.07) is 3.86. The number of carbonyl (C=O) groups excluding carboxylic acids is 1. The molecule has 1 aliphatic rings. The third kappa shape index (κ3) is 1.04. The molecule has 0 aromatic carbocycles. The number of carbonyl (C=O) groups is 1. The molecule has 0 unspecified atom stereocenters. The van der Waals surface area contributed by atoms with Gasteiger partial charge in [0.05, 0.1) is 5.69 Å². The van der Waals surface area contributed by atoms with Crippen LogP contribution in [0.2, 0.25) is 0 Å². The maximum Gasteiger partial charge on any atom is 0.165 e. The second kappa shape index (κ2) is 2.70. The predicted octanol–water partition coefficient (Wildman–Crippen LogP) is 1.77. The molecular formula is C10H11NO. The van der Waals surface area contributed by atoms with E-state index in [1.165, 1.54) is 0 Å². The van der Waals surface area contributed by atoms with Gasteiger partial charge in [-0.15, -0.1) is 0 Å². The van der Waals surface area contributed by atoms with E-state index in [9.17, 15) is 4.79 Å². The van der Waals surface area contributed by atoms with Gasteiger partial charge in [-0.1, -0.05) is 6.92 Å². The van der Waals surface area contributed by atoms with Gasteiger partial charge in [-0.2, -0.15) is 0 Å². The largest absolute Gasteiger partial charge is 0.294 e. The molecule has 0 fully saturated rings. The lowest BCUT2D eigenvalue weighted by atomic mass is 10.2. The second-order valence-corrected chi connectivity index (χ2v) is 3.07. The average Bonchev–Trinajstić information content (AvgIpc) is 2.47. The number of pyridine rings is 1. The zero-order valence-corrected chi connectivity index (χ0v) is 7.13. The lowest BCUT2D eigenvalue weighted by Crippen LogP contribution is -1.95. The number of hydrogen-bond donors (Lipinski definition) is 0. The molecule has 1 aromatic rings. The van der Waals surface area contributed by atoms with E-state index in [0.29, 0.717) is 6.42 Å². The van der Waals surface area contributed by atoms with Crippen molar-refractivity contribution in [3.8, 4) is 0 Å². The maximum atomic E-state index is 11.2. The highest BCUT2D eigenvalue weighted by Gasteiger charge is 2.20. The summed E-state index contributed by atoms with van der Waals surface area (Å²) in [4.78, 5) is 15.6. The third-order valence-electron chi connectivity index (χ3n) is 2.28. The third-order valence-corrected chi connectivity index (χ3v) is 2.28. The van der Waals surface area contributed by atoms with Crippen LogP contribution in [0.1, 0.15) is 35.1 Å². The number of rotatable bonds is 1. The summed E-state index contributed by atoms with van der Waals surface area (Å²) in [5, 5.41) is 0. The van der Waals surface area contributed by atoms with Gasteiger partial charge in [0.15, 0.2) is 5.78 Å². The van der Waals surface area contributed by atoms with Crippen molar-refractivity contribution in [3.05, 3.63) is 29.1 Å². The lowest BCUT2D eigenvalue weighted by Gasteiger charge is -1.99. The molecule has 1 aromatic heterocycles.